The average Bonchev–Trinajstić information content (AvgIpc) is 2.66. The van der Waals surface area contributed by atoms with E-state index < -0.39 is 16.1 Å². The first-order chi connectivity index (χ1) is 13.4. The molecule has 1 heterocycles. The number of methoxy groups -OCH3 is 1. The zero-order valence-corrected chi connectivity index (χ0v) is 15.9. The number of sulfonamides is 1. The largest absolute Gasteiger partial charge is 0.504 e. The van der Waals surface area contributed by atoms with E-state index in [0.717, 1.165) is 16.7 Å². The number of phenols is 1. The Morgan fingerprint density at radius 2 is 1.86 bits per heavy atom. The number of ether oxygens (including phenoxy) is 2. The van der Waals surface area contributed by atoms with Crippen LogP contribution >= 0.6 is 0 Å². The Balaban J connectivity index is 1.95. The lowest BCUT2D eigenvalue weighted by atomic mass is 9.88. The molecule has 0 spiro atoms. The van der Waals surface area contributed by atoms with Crippen LogP contribution in [0.1, 0.15) is 22.8 Å². The maximum atomic E-state index is 11.6. The molecule has 0 aliphatic carbocycles. The van der Waals surface area contributed by atoms with Crippen LogP contribution in [0.4, 0.5) is 0 Å². The number of hydrogen-bond acceptors (Lipinski definition) is 5. The molecule has 3 N–H and O–H groups in total. The van der Waals surface area contributed by atoms with Gasteiger partial charge in [0.1, 0.15) is 11.9 Å². The van der Waals surface area contributed by atoms with Crippen molar-refractivity contribution in [2.45, 2.75) is 11.9 Å². The standard InChI is InChI=1S/C21H19NO5S/c1-26-21-17(23)9-10-18-19(21)15-8-7-13(12-28(22,24)25)11-16(15)20(27-18)14-5-3-2-4-6-14/h2-11,20,23H,12H2,1H3,(H2,22,24,25). The van der Waals surface area contributed by atoms with E-state index in [0.29, 0.717) is 22.6 Å². The molecule has 1 aliphatic heterocycles. The summed E-state index contributed by atoms with van der Waals surface area (Å²) in [6.45, 7) is 0. The molecule has 1 unspecified atom stereocenters. The van der Waals surface area contributed by atoms with Gasteiger partial charge in [0.25, 0.3) is 0 Å². The number of benzene rings is 3. The molecule has 28 heavy (non-hydrogen) atoms. The highest BCUT2D eigenvalue weighted by Crippen LogP contribution is 2.51. The van der Waals surface area contributed by atoms with Crippen molar-refractivity contribution in [2.24, 2.45) is 5.14 Å². The SMILES string of the molecule is COc1c(O)ccc2c1-c1ccc(CS(N)(=O)=O)cc1C(c1ccccc1)O2. The molecule has 3 aromatic rings. The van der Waals surface area contributed by atoms with Crippen LogP contribution in [0.3, 0.4) is 0 Å². The van der Waals surface area contributed by atoms with E-state index in [1.165, 1.54) is 13.2 Å². The Morgan fingerprint density at radius 3 is 2.54 bits per heavy atom. The summed E-state index contributed by atoms with van der Waals surface area (Å²) in [7, 11) is -2.19. The van der Waals surface area contributed by atoms with Crippen LogP contribution in [0.5, 0.6) is 17.2 Å². The Bertz CT molecular complexity index is 1140. The van der Waals surface area contributed by atoms with Crippen molar-refractivity contribution in [3.05, 3.63) is 77.4 Å². The van der Waals surface area contributed by atoms with Crippen LogP contribution in [-0.4, -0.2) is 20.6 Å². The summed E-state index contributed by atoms with van der Waals surface area (Å²) in [4.78, 5) is 0. The van der Waals surface area contributed by atoms with Gasteiger partial charge < -0.3 is 14.6 Å². The first-order valence-electron chi connectivity index (χ1n) is 8.62. The fourth-order valence-corrected chi connectivity index (χ4v) is 4.20. The highest BCUT2D eigenvalue weighted by atomic mass is 32.2. The first kappa shape index (κ1) is 18.3. The maximum absolute atomic E-state index is 11.6. The van der Waals surface area contributed by atoms with Gasteiger partial charge in [0.05, 0.1) is 18.4 Å². The second kappa shape index (κ2) is 6.85. The quantitative estimate of drug-likeness (QED) is 0.703. The van der Waals surface area contributed by atoms with Crippen molar-refractivity contribution < 1.29 is 23.0 Å². The maximum Gasteiger partial charge on any atom is 0.213 e. The number of aromatic hydroxyl groups is 1. The van der Waals surface area contributed by atoms with Gasteiger partial charge >= 0.3 is 0 Å². The minimum Gasteiger partial charge on any atom is -0.504 e. The fourth-order valence-electron chi connectivity index (χ4n) is 3.56. The number of rotatable bonds is 4. The second-order valence-electron chi connectivity index (χ2n) is 6.63. The normalized spacial score (nSPS) is 15.3. The summed E-state index contributed by atoms with van der Waals surface area (Å²) in [6, 6.07) is 18.2. The van der Waals surface area contributed by atoms with Crippen LogP contribution in [0, 0.1) is 0 Å². The van der Waals surface area contributed by atoms with Crippen molar-refractivity contribution in [1.29, 1.82) is 0 Å². The molecule has 4 rings (SSSR count). The lowest BCUT2D eigenvalue weighted by Gasteiger charge is -2.30. The third-order valence-corrected chi connectivity index (χ3v) is 5.42. The summed E-state index contributed by atoms with van der Waals surface area (Å²) in [5, 5.41) is 15.4. The van der Waals surface area contributed by atoms with E-state index >= 15 is 0 Å². The highest BCUT2D eigenvalue weighted by Gasteiger charge is 2.31. The van der Waals surface area contributed by atoms with Crippen molar-refractivity contribution in [3.8, 4) is 28.4 Å². The fraction of sp³-hybridized carbons (Fsp3) is 0.143. The van der Waals surface area contributed by atoms with Crippen molar-refractivity contribution in [1.82, 2.24) is 0 Å². The first-order valence-corrected chi connectivity index (χ1v) is 10.3. The minimum absolute atomic E-state index is 0.00238. The molecule has 1 atom stereocenters. The van der Waals surface area contributed by atoms with Gasteiger partial charge in [-0.3, -0.25) is 0 Å². The van der Waals surface area contributed by atoms with Crippen LogP contribution < -0.4 is 14.6 Å². The van der Waals surface area contributed by atoms with E-state index in [1.807, 2.05) is 36.4 Å². The molecule has 7 heteroatoms. The molecule has 6 nitrogen and oxygen atoms in total. The Labute approximate surface area is 163 Å². The molecule has 0 amide bonds. The molecule has 144 valence electrons. The molecule has 3 aromatic carbocycles. The summed E-state index contributed by atoms with van der Waals surface area (Å²) in [5.41, 5.74) is 3.71. The minimum atomic E-state index is -3.67. The van der Waals surface area contributed by atoms with E-state index in [2.05, 4.69) is 0 Å². The monoisotopic (exact) mass is 397 g/mol. The summed E-state index contributed by atoms with van der Waals surface area (Å²) < 4.78 is 34.8. The third-order valence-electron chi connectivity index (χ3n) is 4.69. The van der Waals surface area contributed by atoms with E-state index in [1.54, 1.807) is 18.2 Å². The number of phenolic OH excluding ortho intramolecular Hbond substituents is 1. The lowest BCUT2D eigenvalue weighted by molar-refractivity contribution is 0.241. The third kappa shape index (κ3) is 3.30. The smallest absolute Gasteiger partial charge is 0.213 e. The van der Waals surface area contributed by atoms with Crippen molar-refractivity contribution in [3.63, 3.8) is 0 Å². The summed E-state index contributed by atoms with van der Waals surface area (Å²) in [6.07, 6.45) is -0.432. The van der Waals surface area contributed by atoms with Crippen LogP contribution in [0.25, 0.3) is 11.1 Å². The molecule has 0 saturated carbocycles. The predicted molar refractivity (Wildman–Crippen MR) is 106 cm³/mol. The molecular weight excluding hydrogens is 378 g/mol. The second-order valence-corrected chi connectivity index (χ2v) is 8.24. The molecule has 0 bridgehead atoms. The molecule has 0 fully saturated rings. The molecule has 0 saturated heterocycles. The zero-order chi connectivity index (χ0) is 19.9. The number of fused-ring (bicyclic) bond motifs is 3. The van der Waals surface area contributed by atoms with Gasteiger partial charge in [0.15, 0.2) is 11.5 Å². The lowest BCUT2D eigenvalue weighted by Crippen LogP contribution is -2.18. The van der Waals surface area contributed by atoms with Gasteiger partial charge in [-0.2, -0.15) is 0 Å². The molecule has 0 radical (unpaired) electrons. The highest BCUT2D eigenvalue weighted by molar-refractivity contribution is 7.88. The van der Waals surface area contributed by atoms with E-state index in [9.17, 15) is 13.5 Å². The Hall–Kier alpha value is -3.03. The summed E-state index contributed by atoms with van der Waals surface area (Å²) >= 11 is 0. The van der Waals surface area contributed by atoms with Gasteiger partial charge in [0.2, 0.25) is 10.0 Å². The predicted octanol–water partition coefficient (Wildman–Crippen LogP) is 3.34. The van der Waals surface area contributed by atoms with Crippen molar-refractivity contribution in [2.75, 3.05) is 7.11 Å². The molecule has 0 aromatic heterocycles. The Kier molecular flexibility index (Phi) is 4.49. The van der Waals surface area contributed by atoms with Gasteiger partial charge in [-0.25, -0.2) is 13.6 Å². The van der Waals surface area contributed by atoms with E-state index in [-0.39, 0.29) is 11.5 Å². The molecular formula is C21H19NO5S. The number of nitrogens with two attached hydrogens (primary N) is 1. The van der Waals surface area contributed by atoms with Crippen LogP contribution in [0.2, 0.25) is 0 Å². The topological polar surface area (TPSA) is 98.9 Å². The number of hydrogen-bond donors (Lipinski definition) is 2. The van der Waals surface area contributed by atoms with Crippen LogP contribution in [-0.2, 0) is 15.8 Å². The average molecular weight is 397 g/mol. The van der Waals surface area contributed by atoms with Gasteiger partial charge in [-0.15, -0.1) is 0 Å². The van der Waals surface area contributed by atoms with E-state index in [4.69, 9.17) is 14.6 Å². The Morgan fingerprint density at radius 1 is 1.11 bits per heavy atom. The van der Waals surface area contributed by atoms with Crippen LogP contribution in [0.15, 0.2) is 60.7 Å². The number of primary sulfonamides is 1. The van der Waals surface area contributed by atoms with Gasteiger partial charge in [0, 0.05) is 5.56 Å². The van der Waals surface area contributed by atoms with Gasteiger partial charge in [-0.05, 0) is 28.8 Å². The molecule has 1 aliphatic rings. The summed E-state index contributed by atoms with van der Waals surface area (Å²) in [5.74, 6) is 0.619. The van der Waals surface area contributed by atoms with Gasteiger partial charge in [-0.1, -0.05) is 48.5 Å². The van der Waals surface area contributed by atoms with Crippen molar-refractivity contribution >= 4 is 10.0 Å². The zero-order valence-electron chi connectivity index (χ0n) is 15.1.